The van der Waals surface area contributed by atoms with Crippen LogP contribution in [0.15, 0.2) is 0 Å². The Hall–Kier alpha value is -0.680. The number of rotatable bonds is 5. The summed E-state index contributed by atoms with van der Waals surface area (Å²) in [7, 11) is 0. The summed E-state index contributed by atoms with van der Waals surface area (Å²) in [6, 6.07) is 0. The normalized spacial score (nSPS) is 11.8. The van der Waals surface area contributed by atoms with E-state index in [2.05, 4.69) is 11.2 Å². The molecular formula is C9H14ClNO. The lowest BCUT2D eigenvalue weighted by Gasteiger charge is -2.04. The Balaban J connectivity index is 3.21. The molecule has 12 heavy (non-hydrogen) atoms. The molecule has 0 aliphatic heterocycles. The minimum Gasteiger partial charge on any atom is -0.355 e. The largest absolute Gasteiger partial charge is 0.355 e. The summed E-state index contributed by atoms with van der Waals surface area (Å²) in [4.78, 5) is 10.9. The highest BCUT2D eigenvalue weighted by Gasteiger charge is 2.06. The molecule has 0 aromatic heterocycles. The molecule has 0 aromatic carbocycles. The number of terminal acetylenes is 1. The standard InChI is InChI=1S/C9H14ClNO/c1-3-4-5-6-7-11-9(12)8(2)10/h1,8H,4-7H2,2H3,(H,11,12). The van der Waals surface area contributed by atoms with Gasteiger partial charge in [-0.05, 0) is 19.8 Å². The molecule has 0 radical (unpaired) electrons. The molecule has 2 nitrogen and oxygen atoms in total. The molecule has 1 unspecified atom stereocenters. The maximum absolute atomic E-state index is 10.9. The SMILES string of the molecule is C#CCCCCNC(=O)C(C)Cl. The molecule has 0 aliphatic carbocycles. The van der Waals surface area contributed by atoms with E-state index >= 15 is 0 Å². The van der Waals surface area contributed by atoms with Gasteiger partial charge >= 0.3 is 0 Å². The highest BCUT2D eigenvalue weighted by molar-refractivity contribution is 6.30. The van der Waals surface area contributed by atoms with Crippen LogP contribution in [0.25, 0.3) is 0 Å². The van der Waals surface area contributed by atoms with Crippen LogP contribution in [0, 0.1) is 12.3 Å². The minimum atomic E-state index is -0.447. The summed E-state index contributed by atoms with van der Waals surface area (Å²) in [5.41, 5.74) is 0. The fraction of sp³-hybridized carbons (Fsp3) is 0.667. The summed E-state index contributed by atoms with van der Waals surface area (Å²) in [5.74, 6) is 2.43. The minimum absolute atomic E-state index is 0.114. The third kappa shape index (κ3) is 6.06. The van der Waals surface area contributed by atoms with Crippen LogP contribution in [-0.4, -0.2) is 17.8 Å². The molecule has 0 bridgehead atoms. The highest BCUT2D eigenvalue weighted by Crippen LogP contribution is 1.94. The fourth-order valence-corrected chi connectivity index (χ4v) is 0.781. The zero-order valence-corrected chi connectivity index (χ0v) is 8.03. The monoisotopic (exact) mass is 187 g/mol. The number of unbranched alkanes of at least 4 members (excludes halogenated alkanes) is 2. The summed E-state index contributed by atoms with van der Waals surface area (Å²) < 4.78 is 0. The molecular weight excluding hydrogens is 174 g/mol. The van der Waals surface area contributed by atoms with Gasteiger partial charge in [0.15, 0.2) is 0 Å². The van der Waals surface area contributed by atoms with Crippen molar-refractivity contribution < 1.29 is 4.79 Å². The van der Waals surface area contributed by atoms with Gasteiger partial charge in [-0.25, -0.2) is 0 Å². The topological polar surface area (TPSA) is 29.1 Å². The van der Waals surface area contributed by atoms with E-state index in [4.69, 9.17) is 18.0 Å². The Bertz CT molecular complexity index is 172. The zero-order valence-electron chi connectivity index (χ0n) is 7.27. The van der Waals surface area contributed by atoms with Crippen molar-refractivity contribution in [1.82, 2.24) is 5.32 Å². The van der Waals surface area contributed by atoms with Crippen molar-refractivity contribution in [2.24, 2.45) is 0 Å². The Morgan fingerprint density at radius 3 is 2.83 bits per heavy atom. The number of nitrogens with one attached hydrogen (secondary N) is 1. The molecule has 1 atom stereocenters. The van der Waals surface area contributed by atoms with Gasteiger partial charge in [-0.3, -0.25) is 4.79 Å². The Labute approximate surface area is 78.7 Å². The van der Waals surface area contributed by atoms with Gasteiger partial charge in [0.2, 0.25) is 5.91 Å². The van der Waals surface area contributed by atoms with Crippen LogP contribution in [0.3, 0.4) is 0 Å². The second-order valence-corrected chi connectivity index (χ2v) is 3.22. The van der Waals surface area contributed by atoms with E-state index in [-0.39, 0.29) is 5.91 Å². The second-order valence-electron chi connectivity index (χ2n) is 2.57. The molecule has 0 aliphatic rings. The molecule has 3 heteroatoms. The first kappa shape index (κ1) is 11.3. The predicted molar refractivity (Wildman–Crippen MR) is 51.0 cm³/mol. The molecule has 1 N–H and O–H groups in total. The Morgan fingerprint density at radius 1 is 1.67 bits per heavy atom. The van der Waals surface area contributed by atoms with Gasteiger partial charge in [-0.15, -0.1) is 23.9 Å². The third-order valence-corrected chi connectivity index (χ3v) is 1.61. The first-order chi connectivity index (χ1) is 5.68. The van der Waals surface area contributed by atoms with Crippen molar-refractivity contribution in [3.63, 3.8) is 0 Å². The lowest BCUT2D eigenvalue weighted by atomic mass is 10.2. The number of halogens is 1. The molecule has 0 saturated heterocycles. The summed E-state index contributed by atoms with van der Waals surface area (Å²) in [6.07, 6.45) is 7.70. The molecule has 0 rings (SSSR count). The number of alkyl halides is 1. The maximum Gasteiger partial charge on any atom is 0.237 e. The van der Waals surface area contributed by atoms with Crippen molar-refractivity contribution in [3.05, 3.63) is 0 Å². The van der Waals surface area contributed by atoms with Crippen molar-refractivity contribution >= 4 is 17.5 Å². The van der Waals surface area contributed by atoms with Crippen molar-refractivity contribution in [1.29, 1.82) is 0 Å². The predicted octanol–water partition coefficient (Wildman–Crippen LogP) is 1.53. The van der Waals surface area contributed by atoms with Crippen LogP contribution >= 0.6 is 11.6 Å². The third-order valence-electron chi connectivity index (χ3n) is 1.41. The van der Waals surface area contributed by atoms with Crippen LogP contribution < -0.4 is 5.32 Å². The van der Waals surface area contributed by atoms with Gasteiger partial charge in [-0.2, -0.15) is 0 Å². The van der Waals surface area contributed by atoms with E-state index < -0.39 is 5.38 Å². The van der Waals surface area contributed by atoms with Crippen molar-refractivity contribution in [2.45, 2.75) is 31.6 Å². The summed E-state index contributed by atoms with van der Waals surface area (Å²) in [6.45, 7) is 2.32. The van der Waals surface area contributed by atoms with E-state index in [0.717, 1.165) is 19.3 Å². The first-order valence-electron chi connectivity index (χ1n) is 4.03. The summed E-state index contributed by atoms with van der Waals surface area (Å²) >= 11 is 5.52. The lowest BCUT2D eigenvalue weighted by Crippen LogP contribution is -2.30. The number of amides is 1. The average Bonchev–Trinajstić information content (AvgIpc) is 2.03. The number of carbonyl (C=O) groups is 1. The quantitative estimate of drug-likeness (QED) is 0.395. The molecule has 0 fully saturated rings. The van der Waals surface area contributed by atoms with Gasteiger partial charge in [0.05, 0.1) is 0 Å². The number of hydrogen-bond donors (Lipinski definition) is 1. The van der Waals surface area contributed by atoms with Gasteiger partial charge in [0.25, 0.3) is 0 Å². The fourth-order valence-electron chi connectivity index (χ4n) is 0.704. The van der Waals surface area contributed by atoms with Crippen molar-refractivity contribution in [2.75, 3.05) is 6.54 Å². The van der Waals surface area contributed by atoms with Gasteiger partial charge < -0.3 is 5.32 Å². The van der Waals surface area contributed by atoms with Crippen molar-refractivity contribution in [3.8, 4) is 12.3 Å². The first-order valence-corrected chi connectivity index (χ1v) is 4.47. The van der Waals surface area contributed by atoms with E-state index in [9.17, 15) is 4.79 Å². The van der Waals surface area contributed by atoms with Crippen LogP contribution in [0.4, 0.5) is 0 Å². The molecule has 0 saturated carbocycles. The molecule has 0 heterocycles. The molecule has 0 spiro atoms. The van der Waals surface area contributed by atoms with Crippen LogP contribution in [-0.2, 0) is 4.79 Å². The van der Waals surface area contributed by atoms with Crippen LogP contribution in [0.5, 0.6) is 0 Å². The smallest absolute Gasteiger partial charge is 0.237 e. The molecule has 0 aromatic rings. The van der Waals surface area contributed by atoms with E-state index in [1.165, 1.54) is 0 Å². The van der Waals surface area contributed by atoms with Crippen LogP contribution in [0.2, 0.25) is 0 Å². The van der Waals surface area contributed by atoms with Gasteiger partial charge in [0.1, 0.15) is 5.38 Å². The average molecular weight is 188 g/mol. The second kappa shape index (κ2) is 7.00. The zero-order chi connectivity index (χ0) is 9.40. The van der Waals surface area contributed by atoms with Gasteiger partial charge in [0, 0.05) is 13.0 Å². The highest BCUT2D eigenvalue weighted by atomic mass is 35.5. The number of hydrogen-bond acceptors (Lipinski definition) is 1. The molecule has 68 valence electrons. The molecule has 1 amide bonds. The van der Waals surface area contributed by atoms with E-state index in [1.54, 1.807) is 6.92 Å². The maximum atomic E-state index is 10.9. The van der Waals surface area contributed by atoms with E-state index in [1.807, 2.05) is 0 Å². The van der Waals surface area contributed by atoms with Crippen LogP contribution in [0.1, 0.15) is 26.2 Å². The lowest BCUT2D eigenvalue weighted by molar-refractivity contribution is -0.120. The Morgan fingerprint density at radius 2 is 2.33 bits per heavy atom. The summed E-state index contributed by atoms with van der Waals surface area (Å²) in [5, 5.41) is 2.25. The Kier molecular flexibility index (Phi) is 6.60. The van der Waals surface area contributed by atoms with Gasteiger partial charge in [-0.1, -0.05) is 0 Å². The van der Waals surface area contributed by atoms with E-state index in [0.29, 0.717) is 6.54 Å². The number of carbonyl (C=O) groups excluding carboxylic acids is 1.